The van der Waals surface area contributed by atoms with E-state index >= 15 is 0 Å². The second kappa shape index (κ2) is 12.3. The highest BCUT2D eigenvalue weighted by Crippen LogP contribution is 2.12. The van der Waals surface area contributed by atoms with Gasteiger partial charge in [-0.15, -0.1) is 0 Å². The molecular weight excluding hydrogens is 270 g/mol. The van der Waals surface area contributed by atoms with E-state index in [0.717, 1.165) is 24.5 Å². The lowest BCUT2D eigenvalue weighted by Gasteiger charge is -2.05. The van der Waals surface area contributed by atoms with Crippen molar-refractivity contribution in [3.63, 3.8) is 0 Å². The van der Waals surface area contributed by atoms with Crippen molar-refractivity contribution in [2.45, 2.75) is 97.4 Å². The van der Waals surface area contributed by atoms with Crippen molar-refractivity contribution in [2.75, 3.05) is 0 Å². The molecule has 0 saturated carbocycles. The van der Waals surface area contributed by atoms with Crippen molar-refractivity contribution in [2.24, 2.45) is 0 Å². The van der Waals surface area contributed by atoms with Gasteiger partial charge in [-0.05, 0) is 13.3 Å². The summed E-state index contributed by atoms with van der Waals surface area (Å²) < 4.78 is 2.25. The fraction of sp³-hybridized carbons (Fsp3) is 0.789. The third-order valence-electron chi connectivity index (χ3n) is 4.27. The van der Waals surface area contributed by atoms with E-state index in [1.165, 1.54) is 64.2 Å². The van der Waals surface area contributed by atoms with Gasteiger partial charge in [0.05, 0.1) is 11.8 Å². The zero-order valence-electron chi connectivity index (χ0n) is 14.6. The molecule has 0 amide bonds. The van der Waals surface area contributed by atoms with Gasteiger partial charge in [0.1, 0.15) is 5.82 Å². The van der Waals surface area contributed by atoms with E-state index < -0.39 is 0 Å². The molecule has 0 bridgehead atoms. The maximum absolute atomic E-state index is 8.62. The summed E-state index contributed by atoms with van der Waals surface area (Å²) in [5, 5.41) is 8.62. The number of imidazole rings is 1. The largest absolute Gasteiger partial charge is 0.335 e. The molecule has 1 rings (SSSR count). The van der Waals surface area contributed by atoms with Gasteiger partial charge in [-0.3, -0.25) is 0 Å². The highest BCUT2D eigenvalue weighted by molar-refractivity contribution is 5.04. The van der Waals surface area contributed by atoms with Crippen LogP contribution in [-0.2, 0) is 13.0 Å². The molecule has 0 aliphatic carbocycles. The molecule has 0 fully saturated rings. The lowest BCUT2D eigenvalue weighted by atomic mass is 10.1. The highest BCUT2D eigenvalue weighted by Gasteiger charge is 2.03. The van der Waals surface area contributed by atoms with Crippen LogP contribution in [0.25, 0.3) is 0 Å². The lowest BCUT2D eigenvalue weighted by Crippen LogP contribution is -1.99. The maximum atomic E-state index is 8.62. The lowest BCUT2D eigenvalue weighted by molar-refractivity contribution is 0.531. The molecule has 3 nitrogen and oxygen atoms in total. The summed E-state index contributed by atoms with van der Waals surface area (Å²) >= 11 is 0. The van der Waals surface area contributed by atoms with Crippen LogP contribution < -0.4 is 0 Å². The molecule has 1 aromatic heterocycles. The molecule has 124 valence electrons. The standard InChI is InChI=1S/C19H33N3/c1-3-4-5-6-7-8-9-10-11-12-16-22-17-19(14-13-15-20)21-18(22)2/h17H,3-14,16H2,1-2H3. The number of nitriles is 1. The van der Waals surface area contributed by atoms with Crippen LogP contribution in [0.3, 0.4) is 0 Å². The van der Waals surface area contributed by atoms with Crippen molar-refractivity contribution < 1.29 is 0 Å². The van der Waals surface area contributed by atoms with E-state index in [2.05, 4.69) is 35.7 Å². The van der Waals surface area contributed by atoms with Crippen LogP contribution in [0.5, 0.6) is 0 Å². The molecule has 0 atom stereocenters. The Morgan fingerprint density at radius 1 is 1.00 bits per heavy atom. The van der Waals surface area contributed by atoms with Crippen LogP contribution in [0, 0.1) is 18.3 Å². The number of rotatable bonds is 13. The van der Waals surface area contributed by atoms with Crippen LogP contribution in [0.4, 0.5) is 0 Å². The quantitative estimate of drug-likeness (QED) is 0.447. The Hall–Kier alpha value is -1.30. The molecule has 0 aliphatic heterocycles. The molecule has 0 spiro atoms. The number of hydrogen-bond donors (Lipinski definition) is 0. The Kier molecular flexibility index (Phi) is 10.5. The van der Waals surface area contributed by atoms with E-state index in [1.54, 1.807) is 0 Å². The molecular formula is C19H33N3. The average molecular weight is 303 g/mol. The first-order chi connectivity index (χ1) is 10.8. The fourth-order valence-electron chi connectivity index (χ4n) is 2.87. The van der Waals surface area contributed by atoms with Gasteiger partial charge in [0.15, 0.2) is 0 Å². The first-order valence-electron chi connectivity index (χ1n) is 9.17. The summed E-state index contributed by atoms with van der Waals surface area (Å²) in [5.41, 5.74) is 1.06. The first-order valence-corrected chi connectivity index (χ1v) is 9.17. The Morgan fingerprint density at radius 2 is 1.59 bits per heavy atom. The summed E-state index contributed by atoms with van der Waals surface area (Å²) in [4.78, 5) is 4.52. The predicted molar refractivity (Wildman–Crippen MR) is 92.7 cm³/mol. The summed E-state index contributed by atoms with van der Waals surface area (Å²) in [5.74, 6) is 1.09. The maximum Gasteiger partial charge on any atom is 0.105 e. The van der Waals surface area contributed by atoms with E-state index in [0.29, 0.717) is 6.42 Å². The average Bonchev–Trinajstić information content (AvgIpc) is 2.87. The number of aromatic nitrogens is 2. The Morgan fingerprint density at radius 3 is 2.18 bits per heavy atom. The third kappa shape index (κ3) is 8.22. The van der Waals surface area contributed by atoms with E-state index in [1.807, 2.05) is 0 Å². The molecule has 1 heterocycles. The van der Waals surface area contributed by atoms with E-state index in [-0.39, 0.29) is 0 Å². The minimum Gasteiger partial charge on any atom is -0.335 e. The normalized spacial score (nSPS) is 10.8. The molecule has 0 unspecified atom stereocenters. The molecule has 0 N–H and O–H groups in total. The highest BCUT2D eigenvalue weighted by atomic mass is 15.1. The molecule has 0 radical (unpaired) electrons. The Balaban J connectivity index is 2.03. The van der Waals surface area contributed by atoms with Gasteiger partial charge in [0.2, 0.25) is 0 Å². The van der Waals surface area contributed by atoms with Crippen molar-refractivity contribution in [1.29, 1.82) is 5.26 Å². The topological polar surface area (TPSA) is 41.6 Å². The second-order valence-corrected chi connectivity index (χ2v) is 6.31. The van der Waals surface area contributed by atoms with Gasteiger partial charge < -0.3 is 4.57 Å². The molecule has 0 aliphatic rings. The predicted octanol–water partition coefficient (Wildman–Crippen LogP) is 5.57. The molecule has 0 saturated heterocycles. The van der Waals surface area contributed by atoms with Gasteiger partial charge in [0.25, 0.3) is 0 Å². The van der Waals surface area contributed by atoms with Crippen LogP contribution in [0.2, 0.25) is 0 Å². The van der Waals surface area contributed by atoms with Gasteiger partial charge in [-0.1, -0.05) is 64.7 Å². The van der Waals surface area contributed by atoms with Gasteiger partial charge in [0, 0.05) is 25.6 Å². The minimum absolute atomic E-state index is 0.564. The molecule has 0 aromatic carbocycles. The van der Waals surface area contributed by atoms with Crippen LogP contribution >= 0.6 is 0 Å². The zero-order valence-corrected chi connectivity index (χ0v) is 14.6. The SMILES string of the molecule is CCCCCCCCCCCCn1cc(CCC#N)nc1C. The second-order valence-electron chi connectivity index (χ2n) is 6.31. The summed E-state index contributed by atoms with van der Waals surface area (Å²) in [7, 11) is 0. The van der Waals surface area contributed by atoms with Crippen LogP contribution in [0.15, 0.2) is 6.20 Å². The Bertz CT molecular complexity index is 428. The first kappa shape index (κ1) is 18.7. The van der Waals surface area contributed by atoms with Crippen LogP contribution in [0.1, 0.15) is 89.1 Å². The number of unbranched alkanes of at least 4 members (excludes halogenated alkanes) is 9. The third-order valence-corrected chi connectivity index (χ3v) is 4.27. The van der Waals surface area contributed by atoms with E-state index in [4.69, 9.17) is 5.26 Å². The summed E-state index contributed by atoms with van der Waals surface area (Å²) in [6, 6.07) is 2.18. The summed E-state index contributed by atoms with van der Waals surface area (Å²) in [6.07, 6.45) is 17.2. The monoisotopic (exact) mass is 303 g/mol. The number of hydrogen-bond acceptors (Lipinski definition) is 2. The number of nitrogens with zero attached hydrogens (tertiary/aromatic N) is 3. The fourth-order valence-corrected chi connectivity index (χ4v) is 2.87. The molecule has 3 heteroatoms. The van der Waals surface area contributed by atoms with Gasteiger partial charge in [-0.2, -0.15) is 5.26 Å². The van der Waals surface area contributed by atoms with Crippen molar-refractivity contribution in [1.82, 2.24) is 9.55 Å². The molecule has 22 heavy (non-hydrogen) atoms. The number of aryl methyl sites for hydroxylation is 3. The smallest absolute Gasteiger partial charge is 0.105 e. The van der Waals surface area contributed by atoms with Crippen molar-refractivity contribution in [3.8, 4) is 6.07 Å². The van der Waals surface area contributed by atoms with E-state index in [9.17, 15) is 0 Å². The summed E-state index contributed by atoms with van der Waals surface area (Å²) in [6.45, 7) is 5.41. The Labute approximate surface area is 136 Å². The van der Waals surface area contributed by atoms with Crippen molar-refractivity contribution in [3.05, 3.63) is 17.7 Å². The van der Waals surface area contributed by atoms with Gasteiger partial charge >= 0.3 is 0 Å². The minimum atomic E-state index is 0.564. The zero-order chi connectivity index (χ0) is 16.0. The van der Waals surface area contributed by atoms with Gasteiger partial charge in [-0.25, -0.2) is 4.98 Å². The van der Waals surface area contributed by atoms with Crippen LogP contribution in [-0.4, -0.2) is 9.55 Å². The molecule has 1 aromatic rings. The van der Waals surface area contributed by atoms with Crippen molar-refractivity contribution >= 4 is 0 Å².